The van der Waals surface area contributed by atoms with Crippen molar-refractivity contribution in [1.29, 1.82) is 0 Å². The molecule has 2 unspecified atom stereocenters. The molecule has 2 rings (SSSR count). The summed E-state index contributed by atoms with van der Waals surface area (Å²) in [5.74, 6) is 1.51. The smallest absolute Gasteiger partial charge is 0.140 e. The average Bonchev–Trinajstić information content (AvgIpc) is 2.35. The van der Waals surface area contributed by atoms with E-state index in [0.717, 1.165) is 22.3 Å². The SMILES string of the molecule is Cc1cnc(NC2(CN)CCCCC2C)c(Br)c1. The second-order valence-corrected chi connectivity index (χ2v) is 6.33. The molecule has 18 heavy (non-hydrogen) atoms. The second-order valence-electron chi connectivity index (χ2n) is 5.48. The number of halogens is 1. The van der Waals surface area contributed by atoms with Gasteiger partial charge in [0.25, 0.3) is 0 Å². The van der Waals surface area contributed by atoms with E-state index >= 15 is 0 Å². The third kappa shape index (κ3) is 2.69. The lowest BCUT2D eigenvalue weighted by Gasteiger charge is -2.43. The molecule has 0 saturated heterocycles. The molecule has 3 nitrogen and oxygen atoms in total. The molecule has 1 fully saturated rings. The van der Waals surface area contributed by atoms with Crippen molar-refractivity contribution in [3.63, 3.8) is 0 Å². The lowest BCUT2D eigenvalue weighted by molar-refractivity contribution is 0.235. The summed E-state index contributed by atoms with van der Waals surface area (Å²) in [6.45, 7) is 5.00. The first-order valence-corrected chi connectivity index (χ1v) is 7.47. The molecule has 1 heterocycles. The zero-order chi connectivity index (χ0) is 13.2. The number of anilines is 1. The normalized spacial score (nSPS) is 28.1. The van der Waals surface area contributed by atoms with Gasteiger partial charge in [-0.2, -0.15) is 0 Å². The Morgan fingerprint density at radius 3 is 2.94 bits per heavy atom. The molecule has 0 bridgehead atoms. The molecule has 0 radical (unpaired) electrons. The molecule has 1 aromatic heterocycles. The molecule has 0 aliphatic heterocycles. The quantitative estimate of drug-likeness (QED) is 0.898. The van der Waals surface area contributed by atoms with E-state index in [1.807, 2.05) is 13.1 Å². The maximum absolute atomic E-state index is 6.05. The van der Waals surface area contributed by atoms with Crippen molar-refractivity contribution in [3.8, 4) is 0 Å². The van der Waals surface area contributed by atoms with E-state index in [4.69, 9.17) is 5.73 Å². The number of rotatable bonds is 3. The molecular formula is C14H22BrN3. The third-order valence-corrected chi connectivity index (χ3v) is 4.77. The van der Waals surface area contributed by atoms with E-state index in [0.29, 0.717) is 12.5 Å². The predicted molar refractivity (Wildman–Crippen MR) is 79.7 cm³/mol. The Bertz CT molecular complexity index is 422. The van der Waals surface area contributed by atoms with Gasteiger partial charge in [0.2, 0.25) is 0 Å². The van der Waals surface area contributed by atoms with Gasteiger partial charge in [-0.15, -0.1) is 0 Å². The monoisotopic (exact) mass is 311 g/mol. The van der Waals surface area contributed by atoms with Crippen LogP contribution < -0.4 is 11.1 Å². The predicted octanol–water partition coefficient (Wildman–Crippen LogP) is 3.47. The van der Waals surface area contributed by atoms with Crippen LogP contribution in [0.4, 0.5) is 5.82 Å². The van der Waals surface area contributed by atoms with Gasteiger partial charge in [-0.05, 0) is 53.2 Å². The number of nitrogens with zero attached hydrogens (tertiary/aromatic N) is 1. The molecule has 4 heteroatoms. The van der Waals surface area contributed by atoms with Crippen LogP contribution >= 0.6 is 15.9 Å². The maximum atomic E-state index is 6.05. The van der Waals surface area contributed by atoms with Crippen molar-refractivity contribution in [2.45, 2.75) is 45.1 Å². The van der Waals surface area contributed by atoms with Gasteiger partial charge < -0.3 is 11.1 Å². The summed E-state index contributed by atoms with van der Waals surface area (Å²) in [4.78, 5) is 4.49. The number of aromatic nitrogens is 1. The molecule has 1 saturated carbocycles. The Kier molecular flexibility index (Phi) is 4.28. The van der Waals surface area contributed by atoms with Gasteiger partial charge in [0.05, 0.1) is 10.0 Å². The van der Waals surface area contributed by atoms with Crippen LogP contribution in [0.15, 0.2) is 16.7 Å². The Morgan fingerprint density at radius 2 is 2.33 bits per heavy atom. The summed E-state index contributed by atoms with van der Waals surface area (Å²) < 4.78 is 1.02. The molecule has 100 valence electrons. The topological polar surface area (TPSA) is 50.9 Å². The van der Waals surface area contributed by atoms with Crippen LogP contribution in [0.1, 0.15) is 38.2 Å². The molecule has 0 spiro atoms. The number of hydrogen-bond donors (Lipinski definition) is 2. The van der Waals surface area contributed by atoms with Crippen LogP contribution in [0.3, 0.4) is 0 Å². The van der Waals surface area contributed by atoms with Crippen LogP contribution in [-0.2, 0) is 0 Å². The highest BCUT2D eigenvalue weighted by Gasteiger charge is 2.37. The summed E-state index contributed by atoms with van der Waals surface area (Å²) in [7, 11) is 0. The first kappa shape index (κ1) is 13.8. The van der Waals surface area contributed by atoms with E-state index < -0.39 is 0 Å². The lowest BCUT2D eigenvalue weighted by atomic mass is 9.73. The summed E-state index contributed by atoms with van der Waals surface area (Å²) in [6.07, 6.45) is 6.83. The van der Waals surface area contributed by atoms with Crippen molar-refractivity contribution < 1.29 is 0 Å². The van der Waals surface area contributed by atoms with Gasteiger partial charge in [0.1, 0.15) is 5.82 Å². The highest BCUT2D eigenvalue weighted by molar-refractivity contribution is 9.10. The lowest BCUT2D eigenvalue weighted by Crippen LogP contribution is -2.52. The minimum absolute atomic E-state index is 0.00300. The highest BCUT2D eigenvalue weighted by Crippen LogP contribution is 2.36. The van der Waals surface area contributed by atoms with Gasteiger partial charge in [0, 0.05) is 12.7 Å². The van der Waals surface area contributed by atoms with Crippen LogP contribution in [-0.4, -0.2) is 17.1 Å². The Labute approximate surface area is 118 Å². The van der Waals surface area contributed by atoms with Gasteiger partial charge in [-0.1, -0.05) is 19.8 Å². The van der Waals surface area contributed by atoms with Crippen molar-refractivity contribution in [2.24, 2.45) is 11.7 Å². The van der Waals surface area contributed by atoms with Crippen molar-refractivity contribution in [1.82, 2.24) is 4.98 Å². The van der Waals surface area contributed by atoms with Crippen LogP contribution in [0.25, 0.3) is 0 Å². The highest BCUT2D eigenvalue weighted by atomic mass is 79.9. The Balaban J connectivity index is 2.24. The van der Waals surface area contributed by atoms with Gasteiger partial charge in [-0.3, -0.25) is 0 Å². The number of hydrogen-bond acceptors (Lipinski definition) is 3. The standard InChI is InChI=1S/C14H22BrN3/c1-10-7-12(15)13(17-8-10)18-14(9-16)6-4-3-5-11(14)2/h7-8,11H,3-6,9,16H2,1-2H3,(H,17,18). The van der Waals surface area contributed by atoms with E-state index in [2.05, 4.69) is 39.2 Å². The molecule has 2 atom stereocenters. The van der Waals surface area contributed by atoms with E-state index in [1.165, 1.54) is 19.3 Å². The summed E-state index contributed by atoms with van der Waals surface area (Å²) in [5, 5.41) is 3.61. The summed E-state index contributed by atoms with van der Waals surface area (Å²) in [6, 6.07) is 2.09. The first-order valence-electron chi connectivity index (χ1n) is 6.68. The third-order valence-electron chi connectivity index (χ3n) is 4.16. The van der Waals surface area contributed by atoms with Crippen LogP contribution in [0, 0.1) is 12.8 Å². The fourth-order valence-corrected chi connectivity index (χ4v) is 3.38. The van der Waals surface area contributed by atoms with Crippen LogP contribution in [0.5, 0.6) is 0 Å². The van der Waals surface area contributed by atoms with Gasteiger partial charge in [0.15, 0.2) is 0 Å². The minimum Gasteiger partial charge on any atom is -0.362 e. The number of nitrogens with one attached hydrogen (secondary N) is 1. The summed E-state index contributed by atoms with van der Waals surface area (Å²) in [5.41, 5.74) is 7.21. The maximum Gasteiger partial charge on any atom is 0.140 e. The van der Waals surface area contributed by atoms with Gasteiger partial charge >= 0.3 is 0 Å². The fraction of sp³-hybridized carbons (Fsp3) is 0.643. The molecule has 0 amide bonds. The zero-order valence-electron chi connectivity index (χ0n) is 11.2. The van der Waals surface area contributed by atoms with Crippen molar-refractivity contribution >= 4 is 21.7 Å². The minimum atomic E-state index is 0.00300. The van der Waals surface area contributed by atoms with Crippen molar-refractivity contribution in [2.75, 3.05) is 11.9 Å². The average molecular weight is 312 g/mol. The van der Waals surface area contributed by atoms with E-state index in [1.54, 1.807) is 0 Å². The number of nitrogens with two attached hydrogens (primary N) is 1. The van der Waals surface area contributed by atoms with Crippen molar-refractivity contribution in [3.05, 3.63) is 22.3 Å². The van der Waals surface area contributed by atoms with E-state index in [-0.39, 0.29) is 5.54 Å². The Hall–Kier alpha value is -0.610. The largest absolute Gasteiger partial charge is 0.362 e. The molecule has 1 aliphatic rings. The molecule has 1 aromatic rings. The summed E-state index contributed by atoms with van der Waals surface area (Å²) >= 11 is 3.58. The molecular weight excluding hydrogens is 290 g/mol. The Morgan fingerprint density at radius 1 is 1.56 bits per heavy atom. The fourth-order valence-electron chi connectivity index (χ4n) is 2.81. The van der Waals surface area contributed by atoms with Gasteiger partial charge in [-0.25, -0.2) is 4.98 Å². The number of pyridine rings is 1. The molecule has 0 aromatic carbocycles. The first-order chi connectivity index (χ1) is 8.57. The second kappa shape index (κ2) is 5.57. The van der Waals surface area contributed by atoms with Crippen LogP contribution in [0.2, 0.25) is 0 Å². The molecule has 3 N–H and O–H groups in total. The molecule has 1 aliphatic carbocycles. The zero-order valence-corrected chi connectivity index (χ0v) is 12.8. The van der Waals surface area contributed by atoms with E-state index in [9.17, 15) is 0 Å². The number of aryl methyl sites for hydroxylation is 1.